The molecule has 1 amide bonds. The van der Waals surface area contributed by atoms with Crippen LogP contribution in [0.5, 0.6) is 0 Å². The van der Waals surface area contributed by atoms with Crippen molar-refractivity contribution in [1.29, 1.82) is 0 Å². The Bertz CT molecular complexity index is 779. The molecule has 20 heavy (non-hydrogen) atoms. The number of amides is 1. The number of rotatable bonds is 2. The van der Waals surface area contributed by atoms with E-state index < -0.39 is 0 Å². The van der Waals surface area contributed by atoms with Crippen molar-refractivity contribution >= 4 is 34.1 Å². The lowest BCUT2D eigenvalue weighted by molar-refractivity contribution is -0.114. The van der Waals surface area contributed by atoms with Crippen LogP contribution in [0.25, 0.3) is 16.7 Å². The first-order valence-corrected chi connectivity index (χ1v) is 6.40. The first kappa shape index (κ1) is 12.6. The average Bonchev–Trinajstić information content (AvgIpc) is 2.78. The quantitative estimate of drug-likeness (QED) is 0.788. The molecule has 0 aliphatic heterocycles. The molecule has 5 nitrogen and oxygen atoms in total. The lowest BCUT2D eigenvalue weighted by Gasteiger charge is -2.02. The lowest BCUT2D eigenvalue weighted by atomic mass is 10.2. The van der Waals surface area contributed by atoms with Gasteiger partial charge in [-0.2, -0.15) is 0 Å². The van der Waals surface area contributed by atoms with E-state index in [2.05, 4.69) is 15.5 Å². The smallest absolute Gasteiger partial charge is 0.221 e. The van der Waals surface area contributed by atoms with Gasteiger partial charge >= 0.3 is 0 Å². The Morgan fingerprint density at radius 1 is 1.20 bits per heavy atom. The summed E-state index contributed by atoms with van der Waals surface area (Å²) in [5.74, 6) is 0.525. The number of halogens is 1. The molecule has 0 atom stereocenters. The summed E-state index contributed by atoms with van der Waals surface area (Å²) in [6.45, 7) is 1.48. The Labute approximate surface area is 120 Å². The summed E-state index contributed by atoms with van der Waals surface area (Å²) < 4.78 is 1.87. The molecule has 0 fully saturated rings. The van der Waals surface area contributed by atoms with E-state index in [1.807, 2.05) is 35.0 Å². The van der Waals surface area contributed by atoms with Crippen LogP contribution in [-0.4, -0.2) is 20.7 Å². The number of fused-ring (bicyclic) bond motifs is 1. The van der Waals surface area contributed by atoms with Gasteiger partial charge in [0, 0.05) is 18.5 Å². The van der Waals surface area contributed by atoms with Crippen LogP contribution in [0.3, 0.4) is 0 Å². The van der Waals surface area contributed by atoms with Crippen LogP contribution in [0.2, 0.25) is 5.15 Å². The number of aromatic nitrogens is 3. The molecule has 0 spiro atoms. The third-order valence-electron chi connectivity index (χ3n) is 2.89. The van der Waals surface area contributed by atoms with Gasteiger partial charge in [-0.05, 0) is 18.2 Å². The number of carbonyl (C=O) groups excluding carboxylic acids is 1. The molecule has 3 rings (SSSR count). The predicted molar refractivity (Wildman–Crippen MR) is 78.2 cm³/mol. The Morgan fingerprint density at radius 3 is 2.70 bits per heavy atom. The molecule has 1 aromatic carbocycles. The van der Waals surface area contributed by atoms with Gasteiger partial charge in [-0.15, -0.1) is 10.2 Å². The molecule has 1 N–H and O–H groups in total. The molecule has 0 saturated carbocycles. The van der Waals surface area contributed by atoms with Crippen LogP contribution in [0, 0.1) is 0 Å². The molecule has 0 aliphatic rings. The Hall–Kier alpha value is -2.40. The highest BCUT2D eigenvalue weighted by Crippen LogP contribution is 2.28. The van der Waals surface area contributed by atoms with E-state index >= 15 is 0 Å². The second-order valence-electron chi connectivity index (χ2n) is 4.33. The minimum absolute atomic E-state index is 0.116. The van der Waals surface area contributed by atoms with Gasteiger partial charge in [0.15, 0.2) is 11.0 Å². The van der Waals surface area contributed by atoms with Gasteiger partial charge < -0.3 is 5.32 Å². The molecule has 2 aromatic heterocycles. The zero-order valence-corrected chi connectivity index (χ0v) is 11.4. The van der Waals surface area contributed by atoms with E-state index in [1.54, 1.807) is 12.1 Å². The molecule has 0 radical (unpaired) electrons. The monoisotopic (exact) mass is 286 g/mol. The summed E-state index contributed by atoms with van der Waals surface area (Å²) in [6.07, 6.45) is 1.82. The number of nitrogens with zero attached hydrogens (tertiary/aromatic N) is 3. The Kier molecular flexibility index (Phi) is 3.12. The second-order valence-corrected chi connectivity index (χ2v) is 4.71. The fourth-order valence-corrected chi connectivity index (χ4v) is 2.20. The molecular weight excluding hydrogens is 276 g/mol. The lowest BCUT2D eigenvalue weighted by Crippen LogP contribution is -2.05. The highest BCUT2D eigenvalue weighted by molar-refractivity contribution is 6.29. The van der Waals surface area contributed by atoms with E-state index in [0.29, 0.717) is 11.0 Å². The van der Waals surface area contributed by atoms with Gasteiger partial charge in [0.25, 0.3) is 0 Å². The van der Waals surface area contributed by atoms with E-state index in [-0.39, 0.29) is 5.91 Å². The van der Waals surface area contributed by atoms with E-state index in [1.165, 1.54) is 6.92 Å². The van der Waals surface area contributed by atoms with E-state index in [9.17, 15) is 4.79 Å². The zero-order chi connectivity index (χ0) is 14.1. The van der Waals surface area contributed by atoms with Crippen LogP contribution >= 0.6 is 11.6 Å². The van der Waals surface area contributed by atoms with Crippen LogP contribution in [0.4, 0.5) is 5.69 Å². The summed E-state index contributed by atoms with van der Waals surface area (Å²) in [5, 5.41) is 12.0. The largest absolute Gasteiger partial charge is 0.324 e. The van der Waals surface area contributed by atoms with Crippen LogP contribution in [-0.2, 0) is 4.79 Å². The van der Waals surface area contributed by atoms with Crippen molar-refractivity contribution in [2.45, 2.75) is 6.92 Å². The predicted octanol–water partition coefficient (Wildman–Crippen LogP) is 3.03. The van der Waals surface area contributed by atoms with Gasteiger partial charge in [-0.1, -0.05) is 29.8 Å². The summed E-state index contributed by atoms with van der Waals surface area (Å²) in [7, 11) is 0. The molecule has 6 heteroatoms. The highest BCUT2D eigenvalue weighted by Gasteiger charge is 2.11. The van der Waals surface area contributed by atoms with Crippen molar-refractivity contribution in [3.63, 3.8) is 0 Å². The first-order valence-electron chi connectivity index (χ1n) is 6.02. The third kappa shape index (κ3) is 2.23. The van der Waals surface area contributed by atoms with E-state index in [4.69, 9.17) is 11.6 Å². The van der Waals surface area contributed by atoms with Gasteiger partial charge in [0.1, 0.15) is 0 Å². The molecular formula is C14H11ClN4O. The topological polar surface area (TPSA) is 59.8 Å². The van der Waals surface area contributed by atoms with Crippen molar-refractivity contribution in [1.82, 2.24) is 14.8 Å². The highest BCUT2D eigenvalue weighted by atomic mass is 35.5. The molecule has 0 bridgehead atoms. The van der Waals surface area contributed by atoms with Crippen molar-refractivity contribution in [2.75, 3.05) is 5.32 Å². The summed E-state index contributed by atoms with van der Waals surface area (Å²) in [6, 6.07) is 11.2. The Balaban J connectivity index is 2.20. The van der Waals surface area contributed by atoms with Gasteiger partial charge in [-0.25, -0.2) is 0 Å². The number of para-hydroxylation sites is 1. The maximum absolute atomic E-state index is 11.3. The van der Waals surface area contributed by atoms with Gasteiger partial charge in [0.05, 0.1) is 11.2 Å². The summed E-state index contributed by atoms with van der Waals surface area (Å²) in [4.78, 5) is 11.3. The number of anilines is 1. The zero-order valence-electron chi connectivity index (χ0n) is 10.7. The summed E-state index contributed by atoms with van der Waals surface area (Å²) >= 11 is 5.75. The second kappa shape index (κ2) is 4.94. The number of hydrogen-bond acceptors (Lipinski definition) is 3. The normalized spacial score (nSPS) is 10.7. The minimum Gasteiger partial charge on any atom is -0.324 e. The average molecular weight is 287 g/mol. The summed E-state index contributed by atoms with van der Waals surface area (Å²) in [5.41, 5.74) is 1.68. The van der Waals surface area contributed by atoms with Crippen LogP contribution < -0.4 is 5.32 Å². The molecule has 0 aliphatic carbocycles. The van der Waals surface area contributed by atoms with Crippen molar-refractivity contribution in [3.8, 4) is 5.82 Å². The molecule has 0 unspecified atom stereocenters. The number of carbonyl (C=O) groups is 1. The number of nitrogens with one attached hydrogen (secondary N) is 1. The standard InChI is InChI=1S/C14H11ClN4O/c1-9(20)16-11-8-19(12-5-3-2-4-10(11)12)14-7-6-13(15)17-18-14/h2-8H,1H3,(H,16,20). The van der Waals surface area contributed by atoms with Crippen LogP contribution in [0.1, 0.15) is 6.92 Å². The van der Waals surface area contributed by atoms with E-state index in [0.717, 1.165) is 16.6 Å². The molecule has 100 valence electrons. The SMILES string of the molecule is CC(=O)Nc1cn(-c2ccc(Cl)nn2)c2ccccc12. The van der Waals surface area contributed by atoms with Gasteiger partial charge in [-0.3, -0.25) is 9.36 Å². The first-order chi connectivity index (χ1) is 9.65. The molecule has 3 aromatic rings. The third-order valence-corrected chi connectivity index (χ3v) is 3.09. The fourth-order valence-electron chi connectivity index (χ4n) is 2.10. The maximum atomic E-state index is 11.3. The van der Waals surface area contributed by atoms with Gasteiger partial charge in [0.2, 0.25) is 5.91 Å². The van der Waals surface area contributed by atoms with Crippen molar-refractivity contribution in [3.05, 3.63) is 47.7 Å². The maximum Gasteiger partial charge on any atom is 0.221 e. The number of benzene rings is 1. The van der Waals surface area contributed by atoms with Crippen molar-refractivity contribution < 1.29 is 4.79 Å². The van der Waals surface area contributed by atoms with Crippen LogP contribution in [0.15, 0.2) is 42.6 Å². The Morgan fingerprint density at radius 2 is 2.00 bits per heavy atom. The minimum atomic E-state index is -0.116. The number of hydrogen-bond donors (Lipinski definition) is 1. The van der Waals surface area contributed by atoms with Crippen molar-refractivity contribution in [2.24, 2.45) is 0 Å². The molecule has 2 heterocycles. The fraction of sp³-hybridized carbons (Fsp3) is 0.0714. The molecule has 0 saturated heterocycles.